The maximum Gasteiger partial charge on any atom is 0.0768 e. The average Bonchev–Trinajstić information content (AvgIpc) is 2.17. The quantitative estimate of drug-likeness (QED) is 0.708. The molecule has 0 spiro atoms. The van der Waals surface area contributed by atoms with E-state index in [9.17, 15) is 0 Å². The van der Waals surface area contributed by atoms with Gasteiger partial charge in [0.05, 0.1) is 5.69 Å². The van der Waals surface area contributed by atoms with Crippen molar-refractivity contribution in [2.75, 3.05) is 13.1 Å². The highest BCUT2D eigenvalue weighted by Crippen LogP contribution is 1.96. The van der Waals surface area contributed by atoms with Gasteiger partial charge in [-0.3, -0.25) is 0 Å². The van der Waals surface area contributed by atoms with Gasteiger partial charge in [-0.05, 0) is 32.9 Å². The lowest BCUT2D eigenvalue weighted by molar-refractivity contribution is 0.421. The fourth-order valence-electron chi connectivity index (χ4n) is 1.17. The second-order valence-electron chi connectivity index (χ2n) is 4.57. The van der Waals surface area contributed by atoms with Crippen LogP contribution in [0.1, 0.15) is 26.5 Å². The molecule has 0 saturated carbocycles. The van der Waals surface area contributed by atoms with Gasteiger partial charge in [-0.15, -0.1) is 0 Å². The van der Waals surface area contributed by atoms with Gasteiger partial charge in [0, 0.05) is 31.4 Å². The molecular formula is C11H20N4. The van der Waals surface area contributed by atoms with Crippen molar-refractivity contribution in [1.82, 2.24) is 20.8 Å². The summed E-state index contributed by atoms with van der Waals surface area (Å²) < 4.78 is 0. The highest BCUT2D eigenvalue weighted by Gasteiger charge is 2.06. The third kappa shape index (κ3) is 6.14. The molecule has 4 nitrogen and oxygen atoms in total. The standard InChI is InChI=1S/C11H20N4/c1-11(2,3)13-8-7-12-9-10-5-4-6-14-15-10/h4-6,12-13H,7-9H2,1-3H3. The summed E-state index contributed by atoms with van der Waals surface area (Å²) in [5.74, 6) is 0. The molecule has 0 aliphatic carbocycles. The predicted molar refractivity (Wildman–Crippen MR) is 61.5 cm³/mol. The number of hydrogen-bond acceptors (Lipinski definition) is 4. The Morgan fingerprint density at radius 1 is 1.27 bits per heavy atom. The second-order valence-corrected chi connectivity index (χ2v) is 4.57. The molecule has 0 unspecified atom stereocenters. The number of hydrogen-bond donors (Lipinski definition) is 2. The van der Waals surface area contributed by atoms with Crippen LogP contribution in [0.3, 0.4) is 0 Å². The van der Waals surface area contributed by atoms with Gasteiger partial charge in [0.1, 0.15) is 0 Å². The van der Waals surface area contributed by atoms with E-state index in [1.807, 2.05) is 12.1 Å². The van der Waals surface area contributed by atoms with Gasteiger partial charge >= 0.3 is 0 Å². The SMILES string of the molecule is CC(C)(C)NCCNCc1cccnn1. The topological polar surface area (TPSA) is 49.8 Å². The third-order valence-electron chi connectivity index (χ3n) is 1.89. The first-order valence-corrected chi connectivity index (χ1v) is 5.30. The van der Waals surface area contributed by atoms with Gasteiger partial charge in [-0.25, -0.2) is 0 Å². The van der Waals surface area contributed by atoms with Crippen LogP contribution in [0.15, 0.2) is 18.3 Å². The highest BCUT2D eigenvalue weighted by atomic mass is 15.1. The zero-order chi connectivity index (χ0) is 11.1. The average molecular weight is 208 g/mol. The van der Waals surface area contributed by atoms with Crippen molar-refractivity contribution < 1.29 is 0 Å². The van der Waals surface area contributed by atoms with Crippen molar-refractivity contribution in [2.45, 2.75) is 32.9 Å². The largest absolute Gasteiger partial charge is 0.311 e. The zero-order valence-corrected chi connectivity index (χ0v) is 9.75. The van der Waals surface area contributed by atoms with Crippen molar-refractivity contribution in [2.24, 2.45) is 0 Å². The van der Waals surface area contributed by atoms with Crippen molar-refractivity contribution >= 4 is 0 Å². The summed E-state index contributed by atoms with van der Waals surface area (Å²) in [5, 5.41) is 14.5. The highest BCUT2D eigenvalue weighted by molar-refractivity contribution is 4.98. The van der Waals surface area contributed by atoms with Crippen LogP contribution in [0, 0.1) is 0 Å². The molecule has 1 aromatic rings. The van der Waals surface area contributed by atoms with Gasteiger partial charge in [0.25, 0.3) is 0 Å². The lowest BCUT2D eigenvalue weighted by atomic mass is 10.1. The molecule has 1 rings (SSSR count). The molecule has 0 fully saturated rings. The Bertz CT molecular complexity index is 266. The fourth-order valence-corrected chi connectivity index (χ4v) is 1.17. The molecule has 0 aromatic carbocycles. The molecule has 15 heavy (non-hydrogen) atoms. The molecule has 84 valence electrons. The first kappa shape index (κ1) is 12.1. The monoisotopic (exact) mass is 208 g/mol. The second kappa shape index (κ2) is 5.78. The van der Waals surface area contributed by atoms with E-state index >= 15 is 0 Å². The summed E-state index contributed by atoms with van der Waals surface area (Å²) in [6.07, 6.45) is 1.69. The van der Waals surface area contributed by atoms with Gasteiger partial charge in [-0.2, -0.15) is 10.2 Å². The molecule has 0 atom stereocenters. The molecule has 1 heterocycles. The van der Waals surface area contributed by atoms with Crippen LogP contribution in [-0.2, 0) is 6.54 Å². The molecule has 1 aromatic heterocycles. The lowest BCUT2D eigenvalue weighted by Gasteiger charge is -2.20. The first-order valence-electron chi connectivity index (χ1n) is 5.30. The molecule has 0 aliphatic heterocycles. The van der Waals surface area contributed by atoms with Crippen LogP contribution in [0.5, 0.6) is 0 Å². The Morgan fingerprint density at radius 3 is 2.67 bits per heavy atom. The minimum Gasteiger partial charge on any atom is -0.311 e. The maximum atomic E-state index is 3.99. The number of aromatic nitrogens is 2. The van der Waals surface area contributed by atoms with Gasteiger partial charge in [-0.1, -0.05) is 0 Å². The summed E-state index contributed by atoms with van der Waals surface area (Å²) in [4.78, 5) is 0. The van der Waals surface area contributed by atoms with E-state index in [1.165, 1.54) is 0 Å². The molecule has 0 bridgehead atoms. The fraction of sp³-hybridized carbons (Fsp3) is 0.636. The van der Waals surface area contributed by atoms with Crippen LogP contribution in [0.25, 0.3) is 0 Å². The summed E-state index contributed by atoms with van der Waals surface area (Å²) in [5.41, 5.74) is 1.17. The van der Waals surface area contributed by atoms with E-state index in [0.29, 0.717) is 0 Å². The van der Waals surface area contributed by atoms with Crippen LogP contribution in [-0.4, -0.2) is 28.8 Å². The lowest BCUT2D eigenvalue weighted by Crippen LogP contribution is -2.40. The van der Waals surface area contributed by atoms with Crippen molar-refractivity contribution in [3.05, 3.63) is 24.0 Å². The normalized spacial score (nSPS) is 11.7. The Hall–Kier alpha value is -1.00. The van der Waals surface area contributed by atoms with E-state index in [1.54, 1.807) is 6.20 Å². The summed E-state index contributed by atoms with van der Waals surface area (Å²) in [6.45, 7) is 9.16. The molecule has 0 saturated heterocycles. The zero-order valence-electron chi connectivity index (χ0n) is 9.75. The Balaban J connectivity index is 2.08. The Labute approximate surface area is 91.5 Å². The van der Waals surface area contributed by atoms with Crippen LogP contribution >= 0.6 is 0 Å². The molecule has 0 amide bonds. The smallest absolute Gasteiger partial charge is 0.0768 e. The van der Waals surface area contributed by atoms with E-state index < -0.39 is 0 Å². The maximum absolute atomic E-state index is 3.99. The van der Waals surface area contributed by atoms with E-state index in [2.05, 4.69) is 41.6 Å². The van der Waals surface area contributed by atoms with Crippen molar-refractivity contribution in [1.29, 1.82) is 0 Å². The van der Waals surface area contributed by atoms with Gasteiger partial charge < -0.3 is 10.6 Å². The summed E-state index contributed by atoms with van der Waals surface area (Å²) >= 11 is 0. The number of nitrogens with zero attached hydrogens (tertiary/aromatic N) is 2. The van der Waals surface area contributed by atoms with Crippen LogP contribution in [0.2, 0.25) is 0 Å². The minimum atomic E-state index is 0.189. The Kier molecular flexibility index (Phi) is 4.65. The summed E-state index contributed by atoms with van der Waals surface area (Å²) in [7, 11) is 0. The van der Waals surface area contributed by atoms with E-state index in [-0.39, 0.29) is 5.54 Å². The van der Waals surface area contributed by atoms with E-state index in [0.717, 1.165) is 25.3 Å². The number of rotatable bonds is 5. The number of nitrogens with one attached hydrogen (secondary N) is 2. The van der Waals surface area contributed by atoms with Gasteiger partial charge in [0.2, 0.25) is 0 Å². The molecule has 0 radical (unpaired) electrons. The van der Waals surface area contributed by atoms with Crippen LogP contribution < -0.4 is 10.6 Å². The third-order valence-corrected chi connectivity index (χ3v) is 1.89. The first-order chi connectivity index (χ1) is 7.08. The van der Waals surface area contributed by atoms with Crippen LogP contribution in [0.4, 0.5) is 0 Å². The molecular weight excluding hydrogens is 188 g/mol. The molecule has 0 aliphatic rings. The molecule has 2 N–H and O–H groups in total. The summed E-state index contributed by atoms with van der Waals surface area (Å²) in [6, 6.07) is 3.87. The van der Waals surface area contributed by atoms with Gasteiger partial charge in [0.15, 0.2) is 0 Å². The van der Waals surface area contributed by atoms with E-state index in [4.69, 9.17) is 0 Å². The van der Waals surface area contributed by atoms with Crippen molar-refractivity contribution in [3.8, 4) is 0 Å². The predicted octanol–water partition coefficient (Wildman–Crippen LogP) is 0.954. The minimum absolute atomic E-state index is 0.189. The van der Waals surface area contributed by atoms with Crippen molar-refractivity contribution in [3.63, 3.8) is 0 Å². The Morgan fingerprint density at radius 2 is 2.07 bits per heavy atom. The molecule has 4 heteroatoms.